The fourth-order valence-corrected chi connectivity index (χ4v) is 7.23. The molecule has 1 amide bonds. The van der Waals surface area contributed by atoms with Gasteiger partial charge in [0.15, 0.2) is 0 Å². The van der Waals surface area contributed by atoms with Gasteiger partial charge in [-0.3, -0.25) is 9.83 Å². The predicted octanol–water partition coefficient (Wildman–Crippen LogP) is 1.69. The van der Waals surface area contributed by atoms with Gasteiger partial charge >= 0.3 is 0 Å². The Kier molecular flexibility index (Phi) is 10.3. The van der Waals surface area contributed by atoms with Crippen LogP contribution in [0.1, 0.15) is 30.7 Å². The molecule has 0 fully saturated rings. The lowest BCUT2D eigenvalue weighted by Gasteiger charge is -2.21. The van der Waals surface area contributed by atoms with Gasteiger partial charge in [0.1, 0.15) is 21.9 Å². The number of hydrogen-bond acceptors (Lipinski definition) is 11. The summed E-state index contributed by atoms with van der Waals surface area (Å²) in [6, 6.07) is 10.1. The molecule has 39 heavy (non-hydrogen) atoms. The van der Waals surface area contributed by atoms with Crippen molar-refractivity contribution >= 4 is 73.1 Å². The van der Waals surface area contributed by atoms with E-state index in [1.807, 2.05) is 40.8 Å². The minimum atomic E-state index is -4.60. The zero-order valence-corrected chi connectivity index (χ0v) is 24.3. The van der Waals surface area contributed by atoms with E-state index >= 15 is 0 Å². The second-order valence-corrected chi connectivity index (χ2v) is 13.0. The van der Waals surface area contributed by atoms with Crippen molar-refractivity contribution < 1.29 is 42.7 Å². The third-order valence-corrected chi connectivity index (χ3v) is 9.70. The second-order valence-electron chi connectivity index (χ2n) is 8.68. The topological polar surface area (TPSA) is 163 Å². The molecule has 1 aliphatic heterocycles. The number of carbonyl (C=O) groups is 1. The number of carbonyl (C=O) groups excluding carboxylic acids is 1. The molecule has 210 valence electrons. The van der Waals surface area contributed by atoms with Crippen molar-refractivity contribution in [2.45, 2.75) is 40.4 Å². The molecule has 0 bridgehead atoms. The maximum absolute atomic E-state index is 11.9. The molecule has 15 heteroatoms. The highest BCUT2D eigenvalue weighted by atomic mass is 32.2. The third-order valence-electron chi connectivity index (χ3n) is 6.02. The number of hydrogen-bond donors (Lipinski definition) is 2. The lowest BCUT2D eigenvalue weighted by molar-refractivity contribution is -0.777. The molecular formula is C24H28N4O7S4. The first-order chi connectivity index (χ1) is 18.7. The van der Waals surface area contributed by atoms with Crippen LogP contribution in [0.2, 0.25) is 0 Å². The predicted molar refractivity (Wildman–Crippen MR) is 146 cm³/mol. The van der Waals surface area contributed by atoms with E-state index in [4.69, 9.17) is 0 Å². The standard InChI is InChI=1S/C24H28N4O7S4/c1-27-18-13-16(38-35-34-30)6-8-20(18)36-23(27)15-24-28(12-4-2-3-5-22(29)26-11-10-25)19-14-17(39(31,32)33)7-9-21(19)37-24/h6-9,13-15H,2-5,10-12,25H2,1H3,(H2-,26,29,30,31,32,33). The Labute approximate surface area is 238 Å². The van der Waals surface area contributed by atoms with Gasteiger partial charge in [0.2, 0.25) is 11.4 Å². The van der Waals surface area contributed by atoms with Gasteiger partial charge in [-0.25, -0.2) is 8.42 Å². The summed E-state index contributed by atoms with van der Waals surface area (Å²) in [4.78, 5) is 15.2. The van der Waals surface area contributed by atoms with Crippen LogP contribution in [0.5, 0.6) is 0 Å². The molecule has 1 aromatic heterocycles. The molecule has 0 aliphatic carbocycles. The Bertz CT molecular complexity index is 1480. The largest absolute Gasteiger partial charge is 0.744 e. The van der Waals surface area contributed by atoms with Crippen molar-refractivity contribution in [3.63, 3.8) is 0 Å². The van der Waals surface area contributed by atoms with Gasteiger partial charge < -0.3 is 25.8 Å². The van der Waals surface area contributed by atoms with Crippen LogP contribution >= 0.6 is 35.1 Å². The van der Waals surface area contributed by atoms with Crippen molar-refractivity contribution in [1.82, 2.24) is 5.32 Å². The molecule has 0 spiro atoms. The van der Waals surface area contributed by atoms with E-state index in [9.17, 15) is 23.0 Å². The summed E-state index contributed by atoms with van der Waals surface area (Å²) in [5.41, 5.74) is 5.33. The normalized spacial score (nSPS) is 14.4. The molecule has 0 saturated carbocycles. The van der Waals surface area contributed by atoms with E-state index in [1.54, 1.807) is 17.4 Å². The molecule has 2 aromatic carbocycles. The number of thioether (sulfide) groups is 1. The van der Waals surface area contributed by atoms with Crippen molar-refractivity contribution in [2.75, 3.05) is 24.5 Å². The molecule has 0 radical (unpaired) electrons. The number of amides is 1. The molecule has 0 unspecified atom stereocenters. The summed E-state index contributed by atoms with van der Waals surface area (Å²) >= 11 is 3.92. The third kappa shape index (κ3) is 7.50. The SMILES string of the molecule is C[n+]1c(C=C2Sc3ccc(S(=O)(=O)[O-])cc3N2CCCCCC(=O)NCC[NH3+])sc2ccc(SOO[O-])cc21. The number of rotatable bonds is 13. The summed E-state index contributed by atoms with van der Waals surface area (Å²) in [6.45, 7) is 1.81. The van der Waals surface area contributed by atoms with E-state index in [0.29, 0.717) is 36.6 Å². The minimum Gasteiger partial charge on any atom is -0.744 e. The second kappa shape index (κ2) is 13.4. The maximum atomic E-state index is 11.9. The molecule has 1 aliphatic rings. The number of nitrogens with one attached hydrogen (secondary N) is 1. The molecule has 3 aromatic rings. The van der Waals surface area contributed by atoms with Crippen molar-refractivity contribution in [3.8, 4) is 0 Å². The fraction of sp³-hybridized carbons (Fsp3) is 0.333. The van der Waals surface area contributed by atoms with Crippen LogP contribution in [-0.4, -0.2) is 38.5 Å². The number of quaternary nitrogens is 1. The summed E-state index contributed by atoms with van der Waals surface area (Å²) < 4.78 is 42.6. The number of unbranched alkanes of at least 4 members (excludes halogenated alkanes) is 2. The highest BCUT2D eigenvalue weighted by molar-refractivity contribution is 8.04. The zero-order chi connectivity index (χ0) is 28.0. The highest BCUT2D eigenvalue weighted by Gasteiger charge is 2.28. The van der Waals surface area contributed by atoms with Crippen LogP contribution < -0.4 is 25.8 Å². The Morgan fingerprint density at radius 3 is 2.79 bits per heavy atom. The van der Waals surface area contributed by atoms with Gasteiger partial charge in [-0.05, 0) is 43.2 Å². The van der Waals surface area contributed by atoms with Gasteiger partial charge in [0.05, 0.1) is 46.8 Å². The summed E-state index contributed by atoms with van der Waals surface area (Å²) in [5.74, 6) is 0.0116. The van der Waals surface area contributed by atoms with Crippen molar-refractivity contribution in [3.05, 3.63) is 46.4 Å². The smallest absolute Gasteiger partial charge is 0.265 e. The number of anilines is 1. The lowest BCUT2D eigenvalue weighted by Crippen LogP contribution is -2.54. The maximum Gasteiger partial charge on any atom is 0.265 e. The number of aryl methyl sites for hydroxylation is 1. The average molecular weight is 613 g/mol. The molecule has 2 heterocycles. The summed E-state index contributed by atoms with van der Waals surface area (Å²) in [5, 5.41) is 18.3. The van der Waals surface area contributed by atoms with Gasteiger partial charge in [0.25, 0.3) is 5.01 Å². The number of nitrogens with zero attached hydrogens (tertiary/aromatic N) is 2. The Hall–Kier alpha value is -2.21. The number of fused-ring (bicyclic) bond motifs is 2. The summed E-state index contributed by atoms with van der Waals surface area (Å²) in [7, 11) is -2.67. The molecule has 11 nitrogen and oxygen atoms in total. The Balaban J connectivity index is 1.57. The molecule has 0 atom stereocenters. The monoisotopic (exact) mass is 612 g/mol. The van der Waals surface area contributed by atoms with Crippen LogP contribution in [0.25, 0.3) is 16.3 Å². The molecule has 4 rings (SSSR count). The van der Waals surface area contributed by atoms with Crippen molar-refractivity contribution in [1.29, 1.82) is 0 Å². The molecule has 4 N–H and O–H groups in total. The first kappa shape index (κ1) is 29.8. The molecule has 0 saturated heterocycles. The van der Waals surface area contributed by atoms with E-state index in [1.165, 1.54) is 23.9 Å². The Morgan fingerprint density at radius 1 is 1.23 bits per heavy atom. The van der Waals surface area contributed by atoms with Gasteiger partial charge in [-0.15, -0.1) is 0 Å². The first-order valence-corrected chi connectivity index (χ1v) is 15.9. The number of aromatic nitrogens is 1. The van der Waals surface area contributed by atoms with Crippen LogP contribution in [0.3, 0.4) is 0 Å². The van der Waals surface area contributed by atoms with Crippen molar-refractivity contribution in [2.24, 2.45) is 7.05 Å². The Morgan fingerprint density at radius 2 is 2.05 bits per heavy atom. The highest BCUT2D eigenvalue weighted by Crippen LogP contribution is 2.48. The fourth-order valence-electron chi connectivity index (χ4n) is 4.11. The van der Waals surface area contributed by atoms with E-state index in [-0.39, 0.29) is 10.8 Å². The first-order valence-electron chi connectivity index (χ1n) is 12.1. The minimum absolute atomic E-state index is 0.0116. The number of thiazole rings is 1. The van der Waals surface area contributed by atoms with Crippen LogP contribution in [0.15, 0.2) is 56.1 Å². The lowest BCUT2D eigenvalue weighted by atomic mass is 10.1. The van der Waals surface area contributed by atoms with Gasteiger partial charge in [0, 0.05) is 28.8 Å². The summed E-state index contributed by atoms with van der Waals surface area (Å²) in [6.07, 6.45) is 4.80. The zero-order valence-electron chi connectivity index (χ0n) is 21.1. The van der Waals surface area contributed by atoms with E-state index in [0.717, 1.165) is 56.5 Å². The van der Waals surface area contributed by atoms with Crippen LogP contribution in [-0.2, 0) is 31.3 Å². The average Bonchev–Trinajstić information content (AvgIpc) is 3.41. The van der Waals surface area contributed by atoms with Gasteiger partial charge in [-0.1, -0.05) is 29.5 Å². The quantitative estimate of drug-likeness (QED) is 0.0725. The van der Waals surface area contributed by atoms with Gasteiger partial charge in [-0.2, -0.15) is 8.90 Å². The number of benzene rings is 2. The molecular weight excluding hydrogens is 585 g/mol. The van der Waals surface area contributed by atoms with E-state index < -0.39 is 10.1 Å². The van der Waals surface area contributed by atoms with E-state index in [2.05, 4.69) is 20.4 Å². The van der Waals surface area contributed by atoms with Crippen LogP contribution in [0.4, 0.5) is 5.69 Å². The van der Waals surface area contributed by atoms with Crippen LogP contribution in [0, 0.1) is 0 Å².